The minimum Gasteiger partial charge on any atom is -0.481 e. The van der Waals surface area contributed by atoms with Crippen LogP contribution < -0.4 is 5.32 Å². The van der Waals surface area contributed by atoms with E-state index in [-0.39, 0.29) is 24.2 Å². The van der Waals surface area contributed by atoms with Crippen LogP contribution in [-0.2, 0) is 14.3 Å². The third-order valence-corrected chi connectivity index (χ3v) is 3.86. The first-order valence-electron chi connectivity index (χ1n) is 6.23. The van der Waals surface area contributed by atoms with Crippen molar-refractivity contribution in [3.05, 3.63) is 0 Å². The van der Waals surface area contributed by atoms with E-state index in [9.17, 15) is 14.7 Å². The number of aliphatic carboxylic acids is 1. The van der Waals surface area contributed by atoms with Gasteiger partial charge in [0.05, 0.1) is 24.0 Å². The first-order valence-corrected chi connectivity index (χ1v) is 6.23. The SMILES string of the molecule is CC[C@H](C)NC(=O)[C@H]1[C@@H](C(=O)O)[C@H]2CC[C@H]1O2. The van der Waals surface area contributed by atoms with Crippen molar-refractivity contribution in [1.82, 2.24) is 5.32 Å². The molecule has 2 aliphatic heterocycles. The molecule has 5 atom stereocenters. The van der Waals surface area contributed by atoms with Gasteiger partial charge >= 0.3 is 5.97 Å². The third-order valence-electron chi connectivity index (χ3n) is 3.86. The highest BCUT2D eigenvalue weighted by Gasteiger charge is 2.55. The summed E-state index contributed by atoms with van der Waals surface area (Å²) in [5, 5.41) is 12.0. The molecule has 5 heteroatoms. The largest absolute Gasteiger partial charge is 0.481 e. The van der Waals surface area contributed by atoms with Crippen LogP contribution >= 0.6 is 0 Å². The average Bonchev–Trinajstić information content (AvgIpc) is 2.87. The number of carboxylic acid groups (broad SMARTS) is 1. The van der Waals surface area contributed by atoms with E-state index in [2.05, 4.69) is 5.32 Å². The highest BCUT2D eigenvalue weighted by molar-refractivity contribution is 5.86. The lowest BCUT2D eigenvalue weighted by Crippen LogP contribution is -2.46. The van der Waals surface area contributed by atoms with Crippen LogP contribution in [0.1, 0.15) is 33.1 Å². The number of fused-ring (bicyclic) bond motifs is 2. The number of amides is 1. The zero-order valence-electron chi connectivity index (χ0n) is 10.2. The fourth-order valence-corrected chi connectivity index (χ4v) is 2.77. The fourth-order valence-electron chi connectivity index (χ4n) is 2.77. The molecule has 0 aromatic rings. The second-order valence-electron chi connectivity index (χ2n) is 5.00. The molecule has 2 bridgehead atoms. The molecule has 0 radical (unpaired) electrons. The maximum atomic E-state index is 12.1. The van der Waals surface area contributed by atoms with Crippen LogP contribution in [-0.4, -0.2) is 35.2 Å². The minimum absolute atomic E-state index is 0.0797. The highest BCUT2D eigenvalue weighted by atomic mass is 16.5. The molecule has 5 nitrogen and oxygen atoms in total. The van der Waals surface area contributed by atoms with Gasteiger partial charge in [-0.1, -0.05) is 6.92 Å². The summed E-state index contributed by atoms with van der Waals surface area (Å²) in [5.74, 6) is -2.27. The molecule has 2 N–H and O–H groups in total. The first-order chi connectivity index (χ1) is 8.04. The maximum Gasteiger partial charge on any atom is 0.310 e. The van der Waals surface area contributed by atoms with E-state index in [0.29, 0.717) is 0 Å². The summed E-state index contributed by atoms with van der Waals surface area (Å²) in [7, 11) is 0. The number of hydrogen-bond acceptors (Lipinski definition) is 3. The zero-order chi connectivity index (χ0) is 12.6. The van der Waals surface area contributed by atoms with Crippen molar-refractivity contribution >= 4 is 11.9 Å². The van der Waals surface area contributed by atoms with E-state index in [4.69, 9.17) is 4.74 Å². The number of carboxylic acids is 1. The summed E-state index contributed by atoms with van der Waals surface area (Å²) >= 11 is 0. The molecule has 0 unspecified atom stereocenters. The number of carbonyl (C=O) groups excluding carboxylic acids is 1. The van der Waals surface area contributed by atoms with E-state index in [1.54, 1.807) is 0 Å². The van der Waals surface area contributed by atoms with E-state index >= 15 is 0 Å². The van der Waals surface area contributed by atoms with Gasteiger partial charge in [-0.25, -0.2) is 0 Å². The Kier molecular flexibility index (Phi) is 3.38. The summed E-state index contributed by atoms with van der Waals surface area (Å²) in [6, 6.07) is 0.0797. The van der Waals surface area contributed by atoms with E-state index < -0.39 is 17.8 Å². The summed E-state index contributed by atoms with van der Waals surface area (Å²) < 4.78 is 5.55. The minimum atomic E-state index is -0.915. The molecular formula is C12H19NO4. The van der Waals surface area contributed by atoms with Gasteiger partial charge in [-0.15, -0.1) is 0 Å². The fraction of sp³-hybridized carbons (Fsp3) is 0.833. The van der Waals surface area contributed by atoms with Gasteiger partial charge in [0.25, 0.3) is 0 Å². The molecule has 17 heavy (non-hydrogen) atoms. The van der Waals surface area contributed by atoms with Gasteiger partial charge in [0, 0.05) is 6.04 Å². The van der Waals surface area contributed by atoms with Crippen molar-refractivity contribution in [1.29, 1.82) is 0 Å². The molecule has 0 spiro atoms. The Hall–Kier alpha value is -1.10. The molecule has 1 amide bonds. The second-order valence-corrected chi connectivity index (χ2v) is 5.00. The predicted octanol–water partition coefficient (Wildman–Crippen LogP) is 0.779. The van der Waals surface area contributed by atoms with Crippen LogP contribution in [0.5, 0.6) is 0 Å². The molecule has 2 heterocycles. The zero-order valence-corrected chi connectivity index (χ0v) is 10.2. The molecule has 0 saturated carbocycles. The predicted molar refractivity (Wildman–Crippen MR) is 60.4 cm³/mol. The lowest BCUT2D eigenvalue weighted by Gasteiger charge is -2.25. The molecule has 0 aromatic heterocycles. The molecular weight excluding hydrogens is 222 g/mol. The molecule has 0 aliphatic carbocycles. The summed E-state index contributed by atoms with van der Waals surface area (Å²) in [6.45, 7) is 3.90. The van der Waals surface area contributed by atoms with Gasteiger partial charge in [-0.05, 0) is 26.2 Å². The summed E-state index contributed by atoms with van der Waals surface area (Å²) in [5.41, 5.74) is 0. The second kappa shape index (κ2) is 4.64. The summed E-state index contributed by atoms with van der Waals surface area (Å²) in [4.78, 5) is 23.3. The summed E-state index contributed by atoms with van der Waals surface area (Å²) in [6.07, 6.45) is 1.92. The Morgan fingerprint density at radius 2 is 1.94 bits per heavy atom. The Bertz CT molecular complexity index is 330. The molecule has 2 fully saturated rings. The van der Waals surface area contributed by atoms with E-state index in [0.717, 1.165) is 19.3 Å². The van der Waals surface area contributed by atoms with Crippen LogP contribution in [0.15, 0.2) is 0 Å². The Morgan fingerprint density at radius 3 is 2.47 bits per heavy atom. The van der Waals surface area contributed by atoms with Crippen molar-refractivity contribution in [3.8, 4) is 0 Å². The van der Waals surface area contributed by atoms with Gasteiger partial charge in [-0.3, -0.25) is 9.59 Å². The van der Waals surface area contributed by atoms with E-state index in [1.807, 2.05) is 13.8 Å². The van der Waals surface area contributed by atoms with Gasteiger partial charge in [0.15, 0.2) is 0 Å². The number of hydrogen-bond donors (Lipinski definition) is 2. The van der Waals surface area contributed by atoms with Crippen LogP contribution in [0.3, 0.4) is 0 Å². The van der Waals surface area contributed by atoms with Gasteiger partial charge < -0.3 is 15.2 Å². The third kappa shape index (κ3) is 2.16. The maximum absolute atomic E-state index is 12.1. The standard InChI is InChI=1S/C12H19NO4/c1-3-6(2)13-11(14)9-7-4-5-8(17-7)10(9)12(15)16/h6-10H,3-5H2,1-2H3,(H,13,14)(H,15,16)/t6-,7+,8+,9+,10-/m0/s1. The normalized spacial score (nSPS) is 36.8. The van der Waals surface area contributed by atoms with Crippen molar-refractivity contribution < 1.29 is 19.4 Å². The Labute approximate surface area is 101 Å². The van der Waals surface area contributed by atoms with Crippen molar-refractivity contribution in [2.75, 3.05) is 0 Å². The van der Waals surface area contributed by atoms with Gasteiger partial charge in [0.1, 0.15) is 0 Å². The van der Waals surface area contributed by atoms with Gasteiger partial charge in [-0.2, -0.15) is 0 Å². The molecule has 2 aliphatic rings. The first kappa shape index (κ1) is 12.4. The Balaban J connectivity index is 2.08. The number of rotatable bonds is 4. The van der Waals surface area contributed by atoms with Crippen molar-refractivity contribution in [3.63, 3.8) is 0 Å². The molecule has 96 valence electrons. The monoisotopic (exact) mass is 241 g/mol. The lowest BCUT2D eigenvalue weighted by molar-refractivity contribution is -0.148. The molecule has 2 saturated heterocycles. The van der Waals surface area contributed by atoms with Gasteiger partial charge in [0.2, 0.25) is 5.91 Å². The topological polar surface area (TPSA) is 75.6 Å². The van der Waals surface area contributed by atoms with Crippen LogP contribution in [0.25, 0.3) is 0 Å². The molecule has 0 aromatic carbocycles. The quantitative estimate of drug-likeness (QED) is 0.762. The van der Waals surface area contributed by atoms with E-state index in [1.165, 1.54) is 0 Å². The number of ether oxygens (including phenoxy) is 1. The van der Waals surface area contributed by atoms with Crippen LogP contribution in [0, 0.1) is 11.8 Å². The Morgan fingerprint density at radius 1 is 1.35 bits per heavy atom. The van der Waals surface area contributed by atoms with Crippen molar-refractivity contribution in [2.24, 2.45) is 11.8 Å². The molecule has 2 rings (SSSR count). The lowest BCUT2D eigenvalue weighted by atomic mass is 9.78. The smallest absolute Gasteiger partial charge is 0.310 e. The van der Waals surface area contributed by atoms with Crippen molar-refractivity contribution in [2.45, 2.75) is 51.4 Å². The average molecular weight is 241 g/mol. The number of carbonyl (C=O) groups is 2. The number of nitrogens with one attached hydrogen (secondary N) is 1. The van der Waals surface area contributed by atoms with Crippen LogP contribution in [0.4, 0.5) is 0 Å². The highest BCUT2D eigenvalue weighted by Crippen LogP contribution is 2.43. The van der Waals surface area contributed by atoms with Crippen LogP contribution in [0.2, 0.25) is 0 Å².